The van der Waals surface area contributed by atoms with Gasteiger partial charge in [0.2, 0.25) is 0 Å². The fraction of sp³-hybridized carbons (Fsp3) is 0. The van der Waals surface area contributed by atoms with Gasteiger partial charge in [-0.25, -0.2) is 4.98 Å². The number of benzene rings is 6. The third kappa shape index (κ3) is 3.31. The maximum absolute atomic E-state index is 5.18. The molecule has 42 heavy (non-hydrogen) atoms. The molecule has 0 aliphatic rings. The number of hydrogen-bond acceptors (Lipinski definition) is 1. The Labute approximate surface area is 242 Å². The molecular weight excluding hydrogens is 510 g/mol. The summed E-state index contributed by atoms with van der Waals surface area (Å²) in [4.78, 5) is 5.18. The van der Waals surface area contributed by atoms with Gasteiger partial charge in [-0.1, -0.05) is 109 Å². The molecule has 0 fully saturated rings. The monoisotopic (exact) mass is 535 g/mol. The quantitative estimate of drug-likeness (QED) is 0.221. The second kappa shape index (κ2) is 8.92. The standard InChI is InChI=1S/C39H25N3/c1-2-10-26(11-3-1)27-18-21-29(22-19-27)41-35-16-8-5-13-30(35)32-23-24-33-31-14-6-9-17-36(31)42(39(33)38(32)41)37-25-20-28-12-4-7-15-34(28)40-37/h1-25H. The molecule has 0 unspecified atom stereocenters. The molecule has 0 saturated carbocycles. The Bertz CT molecular complexity index is 2450. The van der Waals surface area contributed by atoms with Gasteiger partial charge in [0.05, 0.1) is 27.6 Å². The number of para-hydroxylation sites is 3. The molecule has 196 valence electrons. The van der Waals surface area contributed by atoms with Gasteiger partial charge in [0.15, 0.2) is 0 Å². The molecule has 0 aliphatic carbocycles. The lowest BCUT2D eigenvalue weighted by atomic mass is 10.1. The molecule has 0 atom stereocenters. The van der Waals surface area contributed by atoms with Crippen molar-refractivity contribution in [1.82, 2.24) is 14.1 Å². The van der Waals surface area contributed by atoms with Crippen LogP contribution in [0.5, 0.6) is 0 Å². The van der Waals surface area contributed by atoms with E-state index in [1.807, 2.05) is 0 Å². The summed E-state index contributed by atoms with van der Waals surface area (Å²) in [6.07, 6.45) is 0. The molecule has 9 aromatic rings. The SMILES string of the molecule is c1ccc(-c2ccc(-n3c4ccccc4c4ccc5c6ccccc6n(-c6ccc7ccccc7n6)c5c43)cc2)cc1. The summed E-state index contributed by atoms with van der Waals surface area (Å²) >= 11 is 0. The Kier molecular flexibility index (Phi) is 4.90. The van der Waals surface area contributed by atoms with Crippen molar-refractivity contribution in [1.29, 1.82) is 0 Å². The van der Waals surface area contributed by atoms with Crippen molar-refractivity contribution < 1.29 is 0 Å². The Morgan fingerprint density at radius 2 is 0.952 bits per heavy atom. The molecule has 0 saturated heterocycles. The number of fused-ring (bicyclic) bond motifs is 8. The normalized spacial score (nSPS) is 11.8. The van der Waals surface area contributed by atoms with Crippen molar-refractivity contribution >= 4 is 54.5 Å². The van der Waals surface area contributed by atoms with Crippen molar-refractivity contribution in [3.8, 4) is 22.6 Å². The summed E-state index contributed by atoms with van der Waals surface area (Å²) < 4.78 is 4.78. The molecule has 3 nitrogen and oxygen atoms in total. The first kappa shape index (κ1) is 23.1. The van der Waals surface area contributed by atoms with E-state index in [1.165, 1.54) is 49.2 Å². The first-order chi connectivity index (χ1) is 20.8. The summed E-state index contributed by atoms with van der Waals surface area (Å²) in [5.74, 6) is 0.920. The highest BCUT2D eigenvalue weighted by atomic mass is 15.1. The minimum Gasteiger partial charge on any atom is -0.307 e. The Morgan fingerprint density at radius 3 is 1.69 bits per heavy atom. The van der Waals surface area contributed by atoms with Crippen LogP contribution >= 0.6 is 0 Å². The first-order valence-electron chi connectivity index (χ1n) is 14.3. The molecule has 0 N–H and O–H groups in total. The summed E-state index contributed by atoms with van der Waals surface area (Å²) in [5, 5.41) is 6.05. The molecule has 3 heteroatoms. The zero-order valence-corrected chi connectivity index (χ0v) is 22.8. The van der Waals surface area contributed by atoms with Crippen LogP contribution in [0.4, 0.5) is 0 Å². The summed E-state index contributed by atoms with van der Waals surface area (Å²) in [7, 11) is 0. The third-order valence-corrected chi connectivity index (χ3v) is 8.51. The van der Waals surface area contributed by atoms with Crippen LogP contribution in [0.2, 0.25) is 0 Å². The number of nitrogens with zero attached hydrogens (tertiary/aromatic N) is 3. The second-order valence-electron chi connectivity index (χ2n) is 10.8. The first-order valence-corrected chi connectivity index (χ1v) is 14.3. The third-order valence-electron chi connectivity index (χ3n) is 8.51. The van der Waals surface area contributed by atoms with Gasteiger partial charge in [-0.15, -0.1) is 0 Å². The van der Waals surface area contributed by atoms with Crippen molar-refractivity contribution in [2.45, 2.75) is 0 Å². The van der Waals surface area contributed by atoms with Gasteiger partial charge in [-0.05, 0) is 53.6 Å². The van der Waals surface area contributed by atoms with Crippen molar-refractivity contribution in [2.75, 3.05) is 0 Å². The van der Waals surface area contributed by atoms with Gasteiger partial charge in [0.25, 0.3) is 0 Å². The smallest absolute Gasteiger partial charge is 0.138 e. The van der Waals surface area contributed by atoms with Crippen LogP contribution < -0.4 is 0 Å². The van der Waals surface area contributed by atoms with Crippen molar-refractivity contribution in [3.63, 3.8) is 0 Å². The van der Waals surface area contributed by atoms with Gasteiger partial charge in [0, 0.05) is 32.6 Å². The Morgan fingerprint density at radius 1 is 0.381 bits per heavy atom. The highest BCUT2D eigenvalue weighted by Crippen LogP contribution is 2.41. The molecule has 0 radical (unpaired) electrons. The van der Waals surface area contributed by atoms with E-state index < -0.39 is 0 Å². The van der Waals surface area contributed by atoms with Crippen LogP contribution in [-0.2, 0) is 0 Å². The molecule has 6 aromatic carbocycles. The molecule has 3 heterocycles. The highest BCUT2D eigenvalue weighted by Gasteiger charge is 2.21. The van der Waals surface area contributed by atoms with Crippen molar-refractivity contribution in [2.24, 2.45) is 0 Å². The van der Waals surface area contributed by atoms with E-state index in [2.05, 4.69) is 161 Å². The average Bonchev–Trinajstić information content (AvgIpc) is 3.58. The van der Waals surface area contributed by atoms with E-state index in [0.29, 0.717) is 0 Å². The lowest BCUT2D eigenvalue weighted by molar-refractivity contribution is 1.09. The van der Waals surface area contributed by atoms with Gasteiger partial charge in [-0.2, -0.15) is 0 Å². The molecular formula is C39H25N3. The summed E-state index contributed by atoms with van der Waals surface area (Å²) in [5.41, 5.74) is 9.25. The lowest BCUT2D eigenvalue weighted by Crippen LogP contribution is -2.00. The zero-order valence-electron chi connectivity index (χ0n) is 22.8. The van der Waals surface area contributed by atoms with E-state index >= 15 is 0 Å². The second-order valence-corrected chi connectivity index (χ2v) is 10.8. The zero-order chi connectivity index (χ0) is 27.6. The van der Waals surface area contributed by atoms with Gasteiger partial charge >= 0.3 is 0 Å². The average molecular weight is 536 g/mol. The molecule has 3 aromatic heterocycles. The maximum atomic E-state index is 5.18. The van der Waals surface area contributed by atoms with Gasteiger partial charge < -0.3 is 4.57 Å². The molecule has 0 amide bonds. The predicted molar refractivity (Wildman–Crippen MR) is 176 cm³/mol. The van der Waals surface area contributed by atoms with E-state index in [1.54, 1.807) is 0 Å². The largest absolute Gasteiger partial charge is 0.307 e. The van der Waals surface area contributed by atoms with Gasteiger partial charge in [-0.3, -0.25) is 4.57 Å². The minimum atomic E-state index is 0.920. The molecule has 0 bridgehead atoms. The van der Waals surface area contributed by atoms with E-state index in [4.69, 9.17) is 4.98 Å². The number of pyridine rings is 1. The predicted octanol–water partition coefficient (Wildman–Crippen LogP) is 10.1. The molecule has 9 rings (SSSR count). The minimum absolute atomic E-state index is 0.920. The summed E-state index contributed by atoms with van der Waals surface area (Å²) in [6, 6.07) is 54.1. The number of hydrogen-bond donors (Lipinski definition) is 0. The van der Waals surface area contributed by atoms with Crippen LogP contribution in [0.3, 0.4) is 0 Å². The lowest BCUT2D eigenvalue weighted by Gasteiger charge is -2.13. The highest BCUT2D eigenvalue weighted by molar-refractivity contribution is 6.23. The molecule has 0 spiro atoms. The van der Waals surface area contributed by atoms with Crippen LogP contribution in [0, 0.1) is 0 Å². The number of rotatable bonds is 3. The number of aromatic nitrogens is 3. The van der Waals surface area contributed by atoms with Crippen molar-refractivity contribution in [3.05, 3.63) is 152 Å². The van der Waals surface area contributed by atoms with Crippen LogP contribution in [-0.4, -0.2) is 14.1 Å². The van der Waals surface area contributed by atoms with E-state index in [-0.39, 0.29) is 0 Å². The van der Waals surface area contributed by atoms with Crippen LogP contribution in [0.15, 0.2) is 152 Å². The summed E-state index contributed by atoms with van der Waals surface area (Å²) in [6.45, 7) is 0. The molecule has 0 aliphatic heterocycles. The Hall–Kier alpha value is -5.67. The van der Waals surface area contributed by atoms with Gasteiger partial charge in [0.1, 0.15) is 5.82 Å². The Balaban J connectivity index is 1.42. The van der Waals surface area contributed by atoms with Crippen LogP contribution in [0.25, 0.3) is 77.1 Å². The van der Waals surface area contributed by atoms with Crippen LogP contribution in [0.1, 0.15) is 0 Å². The van der Waals surface area contributed by atoms with E-state index in [0.717, 1.165) is 27.9 Å². The maximum Gasteiger partial charge on any atom is 0.138 e. The van der Waals surface area contributed by atoms with E-state index in [9.17, 15) is 0 Å². The fourth-order valence-electron chi connectivity index (χ4n) is 6.62. The topological polar surface area (TPSA) is 22.8 Å². The fourth-order valence-corrected chi connectivity index (χ4v) is 6.62.